The van der Waals surface area contributed by atoms with E-state index in [0.29, 0.717) is 25.3 Å². The van der Waals surface area contributed by atoms with Crippen LogP contribution < -0.4 is 9.47 Å². The minimum atomic E-state index is -0.937. The lowest BCUT2D eigenvalue weighted by molar-refractivity contribution is 0.0579. The molecule has 1 aliphatic heterocycles. The number of hydrogen-bond donors (Lipinski definition) is 1. The number of carbonyl (C=O) groups is 1. The second-order valence-electron chi connectivity index (χ2n) is 6.40. The number of likely N-dealkylation sites (tertiary alicyclic amines) is 1. The van der Waals surface area contributed by atoms with Gasteiger partial charge in [0.05, 0.1) is 0 Å². The first-order valence-electron chi connectivity index (χ1n) is 9.31. The number of carboxylic acid groups (broad SMARTS) is 1. The van der Waals surface area contributed by atoms with Crippen LogP contribution in [0.15, 0.2) is 54.6 Å². The molecule has 0 spiro atoms. The van der Waals surface area contributed by atoms with E-state index in [0.717, 1.165) is 24.2 Å². The predicted molar refractivity (Wildman–Crippen MR) is 105 cm³/mol. The Morgan fingerprint density at radius 2 is 1.93 bits per heavy atom. The first kappa shape index (κ1) is 18.8. The summed E-state index contributed by atoms with van der Waals surface area (Å²) in [6.07, 6.45) is 4.99. The zero-order valence-corrected chi connectivity index (χ0v) is 15.5. The molecule has 1 aliphatic rings. The molecule has 0 radical (unpaired) electrons. The zero-order chi connectivity index (χ0) is 19.1. The Bertz CT molecular complexity index is 802. The monoisotopic (exact) mass is 367 g/mol. The summed E-state index contributed by atoms with van der Waals surface area (Å²) < 4.78 is 11.8. The maximum atomic E-state index is 11.3. The van der Waals surface area contributed by atoms with Crippen molar-refractivity contribution in [1.29, 1.82) is 0 Å². The average Bonchev–Trinajstić information content (AvgIpc) is 3.15. The maximum Gasteiger partial charge on any atom is 0.410 e. The number of nitrogens with zero attached hydrogens (tertiary/aromatic N) is 1. The number of rotatable bonds is 7. The molecule has 1 fully saturated rings. The minimum absolute atomic E-state index is 0.426. The van der Waals surface area contributed by atoms with Gasteiger partial charge in [0, 0.05) is 18.5 Å². The van der Waals surface area contributed by atoms with Crippen molar-refractivity contribution in [3.63, 3.8) is 0 Å². The fourth-order valence-electron chi connectivity index (χ4n) is 3.20. The van der Waals surface area contributed by atoms with Gasteiger partial charge in [-0.25, -0.2) is 4.79 Å². The lowest BCUT2D eigenvalue weighted by Gasteiger charge is -2.23. The van der Waals surface area contributed by atoms with Gasteiger partial charge in [-0.3, -0.25) is 4.90 Å². The van der Waals surface area contributed by atoms with Crippen LogP contribution in [0.1, 0.15) is 30.9 Å². The molecule has 142 valence electrons. The molecule has 1 N–H and O–H groups in total. The summed E-state index contributed by atoms with van der Waals surface area (Å²) in [5.41, 5.74) is 2.09. The topological polar surface area (TPSA) is 59.0 Å². The Kier molecular flexibility index (Phi) is 6.36. The Morgan fingerprint density at radius 1 is 1.19 bits per heavy atom. The Morgan fingerprint density at radius 3 is 2.70 bits per heavy atom. The Balaban J connectivity index is 1.63. The molecule has 1 amide bonds. The van der Waals surface area contributed by atoms with E-state index >= 15 is 0 Å². The molecule has 2 aromatic rings. The molecule has 0 unspecified atom stereocenters. The minimum Gasteiger partial charge on any atom is -0.489 e. The molecule has 1 atom stereocenters. The van der Waals surface area contributed by atoms with Crippen LogP contribution in [0.2, 0.25) is 0 Å². The van der Waals surface area contributed by atoms with E-state index in [1.54, 1.807) is 0 Å². The molecule has 0 aromatic heterocycles. The highest BCUT2D eigenvalue weighted by atomic mass is 16.5. The lowest BCUT2D eigenvalue weighted by atomic mass is 10.1. The first-order chi connectivity index (χ1) is 13.2. The molecule has 0 saturated carbocycles. The van der Waals surface area contributed by atoms with E-state index < -0.39 is 12.3 Å². The number of ether oxygens (including phenoxy) is 2. The first-order valence-corrected chi connectivity index (χ1v) is 9.31. The van der Waals surface area contributed by atoms with E-state index in [4.69, 9.17) is 9.47 Å². The van der Waals surface area contributed by atoms with Crippen LogP contribution in [0.5, 0.6) is 11.5 Å². The van der Waals surface area contributed by atoms with E-state index in [-0.39, 0.29) is 0 Å². The quantitative estimate of drug-likeness (QED) is 0.762. The molecular weight excluding hydrogens is 342 g/mol. The van der Waals surface area contributed by atoms with Gasteiger partial charge >= 0.3 is 6.09 Å². The number of benzene rings is 2. The van der Waals surface area contributed by atoms with Crippen LogP contribution in [-0.2, 0) is 6.42 Å². The van der Waals surface area contributed by atoms with Crippen molar-refractivity contribution in [2.45, 2.75) is 32.4 Å². The van der Waals surface area contributed by atoms with Crippen molar-refractivity contribution in [2.24, 2.45) is 0 Å². The zero-order valence-electron chi connectivity index (χ0n) is 15.5. The predicted octanol–water partition coefficient (Wildman–Crippen LogP) is 4.82. The summed E-state index contributed by atoms with van der Waals surface area (Å²) in [7, 11) is 0. The van der Waals surface area contributed by atoms with Crippen LogP contribution in [0.3, 0.4) is 0 Å². The summed E-state index contributed by atoms with van der Waals surface area (Å²) >= 11 is 0. The summed E-state index contributed by atoms with van der Waals surface area (Å²) in [4.78, 5) is 12.7. The van der Waals surface area contributed by atoms with E-state index in [1.165, 1.54) is 10.5 Å². The fraction of sp³-hybridized carbons (Fsp3) is 0.318. The van der Waals surface area contributed by atoms with Gasteiger partial charge in [0.15, 0.2) is 6.23 Å². The summed E-state index contributed by atoms with van der Waals surface area (Å²) in [5.74, 6) is 1.58. The third kappa shape index (κ3) is 4.82. The molecule has 5 heteroatoms. The van der Waals surface area contributed by atoms with Gasteiger partial charge in [0.2, 0.25) is 0 Å². The van der Waals surface area contributed by atoms with E-state index in [9.17, 15) is 9.90 Å². The van der Waals surface area contributed by atoms with Crippen molar-refractivity contribution >= 4 is 12.2 Å². The molecule has 0 aliphatic carbocycles. The molecule has 1 heterocycles. The fourth-order valence-corrected chi connectivity index (χ4v) is 3.20. The van der Waals surface area contributed by atoms with Gasteiger partial charge in [0.25, 0.3) is 0 Å². The third-order valence-electron chi connectivity index (χ3n) is 4.61. The SMILES string of the molecule is CCc1ccccc1OC/C=C/c1ccccc1O[C@H]1CCCN1C(=O)O. The Hall–Kier alpha value is -2.95. The van der Waals surface area contributed by atoms with Gasteiger partial charge in [-0.05, 0) is 36.6 Å². The van der Waals surface area contributed by atoms with Crippen LogP contribution in [-0.4, -0.2) is 35.5 Å². The highest BCUT2D eigenvalue weighted by Crippen LogP contribution is 2.26. The highest BCUT2D eigenvalue weighted by molar-refractivity contribution is 5.65. The number of para-hydroxylation sites is 2. The van der Waals surface area contributed by atoms with Gasteiger partial charge in [-0.1, -0.05) is 49.4 Å². The van der Waals surface area contributed by atoms with E-state index in [2.05, 4.69) is 13.0 Å². The summed E-state index contributed by atoms with van der Waals surface area (Å²) in [6.45, 7) is 3.08. The van der Waals surface area contributed by atoms with Crippen molar-refractivity contribution in [2.75, 3.05) is 13.2 Å². The van der Waals surface area contributed by atoms with E-state index in [1.807, 2.05) is 54.6 Å². The second-order valence-corrected chi connectivity index (χ2v) is 6.40. The van der Waals surface area contributed by atoms with Crippen LogP contribution in [0, 0.1) is 0 Å². The molecule has 27 heavy (non-hydrogen) atoms. The van der Waals surface area contributed by atoms with Gasteiger partial charge in [-0.15, -0.1) is 0 Å². The largest absolute Gasteiger partial charge is 0.489 e. The number of aryl methyl sites for hydroxylation is 1. The van der Waals surface area contributed by atoms with Gasteiger partial charge in [-0.2, -0.15) is 0 Å². The maximum absolute atomic E-state index is 11.3. The van der Waals surface area contributed by atoms with Gasteiger partial charge in [0.1, 0.15) is 18.1 Å². The van der Waals surface area contributed by atoms with Crippen molar-refractivity contribution < 1.29 is 19.4 Å². The van der Waals surface area contributed by atoms with Crippen LogP contribution in [0.4, 0.5) is 4.79 Å². The average molecular weight is 367 g/mol. The van der Waals surface area contributed by atoms with Gasteiger partial charge < -0.3 is 14.6 Å². The third-order valence-corrected chi connectivity index (χ3v) is 4.61. The van der Waals surface area contributed by atoms with Crippen molar-refractivity contribution in [1.82, 2.24) is 4.90 Å². The smallest absolute Gasteiger partial charge is 0.410 e. The molecule has 3 rings (SSSR count). The second kappa shape index (κ2) is 9.12. The standard InChI is InChI=1S/C22H25NO4/c1-2-17-9-3-5-12-19(17)26-16-8-11-18-10-4-6-13-20(18)27-21-14-7-15-23(21)22(24)25/h3-6,8-13,21H,2,7,14-16H2,1H3,(H,24,25)/b11-8+/t21-/m0/s1. The summed E-state index contributed by atoms with van der Waals surface area (Å²) in [6, 6.07) is 15.7. The van der Waals surface area contributed by atoms with Crippen molar-refractivity contribution in [3.8, 4) is 11.5 Å². The molecule has 5 nitrogen and oxygen atoms in total. The molecule has 0 bridgehead atoms. The molecular formula is C22H25NO4. The molecule has 2 aromatic carbocycles. The lowest BCUT2D eigenvalue weighted by Crippen LogP contribution is -2.38. The van der Waals surface area contributed by atoms with Crippen molar-refractivity contribution in [3.05, 3.63) is 65.7 Å². The van der Waals surface area contributed by atoms with Crippen LogP contribution >= 0.6 is 0 Å². The van der Waals surface area contributed by atoms with Crippen LogP contribution in [0.25, 0.3) is 6.08 Å². The number of amides is 1. The Labute approximate surface area is 159 Å². The highest BCUT2D eigenvalue weighted by Gasteiger charge is 2.30. The number of hydrogen-bond acceptors (Lipinski definition) is 3. The summed E-state index contributed by atoms with van der Waals surface area (Å²) in [5, 5.41) is 9.27. The molecule has 1 saturated heterocycles. The normalized spacial score (nSPS) is 16.6.